The lowest BCUT2D eigenvalue weighted by atomic mass is 10.1. The van der Waals surface area contributed by atoms with Gasteiger partial charge in [0.15, 0.2) is 0 Å². The van der Waals surface area contributed by atoms with Crippen molar-refractivity contribution in [3.63, 3.8) is 0 Å². The Kier molecular flexibility index (Phi) is 2.85. The van der Waals surface area contributed by atoms with Gasteiger partial charge in [-0.3, -0.25) is 9.36 Å². The van der Waals surface area contributed by atoms with Crippen molar-refractivity contribution in [1.29, 1.82) is 0 Å². The number of Topliss-reactive ketones (excluding diaryl/α,β-unsaturated/α-hetero) is 1. The van der Waals surface area contributed by atoms with E-state index in [-0.39, 0.29) is 11.3 Å². The van der Waals surface area contributed by atoms with Crippen molar-refractivity contribution < 1.29 is 14.7 Å². The number of ketones is 1. The second kappa shape index (κ2) is 4.33. The van der Waals surface area contributed by atoms with E-state index < -0.39 is 17.4 Å². The first-order valence-electron chi connectivity index (χ1n) is 5.16. The summed E-state index contributed by atoms with van der Waals surface area (Å²) >= 11 is 0. The molecule has 0 amide bonds. The van der Waals surface area contributed by atoms with Crippen LogP contribution in [0.3, 0.4) is 0 Å². The molecular weight excluding hydrogens is 236 g/mol. The molecular formula is C12H10N2O4. The third kappa shape index (κ3) is 1.84. The summed E-state index contributed by atoms with van der Waals surface area (Å²) in [7, 11) is 0. The predicted molar refractivity (Wildman–Crippen MR) is 63.1 cm³/mol. The number of carbonyl (C=O) groups excluding carboxylic acids is 1. The highest BCUT2D eigenvalue weighted by molar-refractivity contribution is 6.40. The number of carboxylic acids is 1. The van der Waals surface area contributed by atoms with Gasteiger partial charge in [0, 0.05) is 11.9 Å². The Balaban J connectivity index is 2.70. The molecule has 1 heterocycles. The predicted octanol–water partition coefficient (Wildman–Crippen LogP) is 0.741. The smallest absolute Gasteiger partial charge is 0.377 e. The van der Waals surface area contributed by atoms with Crippen LogP contribution in [0.15, 0.2) is 35.3 Å². The van der Waals surface area contributed by atoms with Gasteiger partial charge in [-0.15, -0.1) is 0 Å². The topological polar surface area (TPSA) is 92.2 Å². The summed E-state index contributed by atoms with van der Waals surface area (Å²) in [6, 6.07) is 6.09. The molecule has 2 aromatic rings. The van der Waals surface area contributed by atoms with Crippen molar-refractivity contribution in [3.8, 4) is 5.69 Å². The second-order valence-corrected chi connectivity index (χ2v) is 3.72. The molecule has 1 aromatic heterocycles. The summed E-state index contributed by atoms with van der Waals surface area (Å²) < 4.78 is 1.26. The van der Waals surface area contributed by atoms with Crippen LogP contribution in [0.25, 0.3) is 5.69 Å². The van der Waals surface area contributed by atoms with E-state index in [1.54, 1.807) is 19.1 Å². The fraction of sp³-hybridized carbons (Fsp3) is 0.0833. The Bertz CT molecular complexity index is 681. The molecule has 2 rings (SSSR count). The number of para-hydroxylation sites is 1. The fourth-order valence-corrected chi connectivity index (χ4v) is 1.73. The zero-order chi connectivity index (χ0) is 13.3. The molecule has 0 saturated heterocycles. The number of nitrogens with zero attached hydrogens (tertiary/aromatic N) is 1. The first-order chi connectivity index (χ1) is 8.52. The molecule has 1 aromatic carbocycles. The molecule has 2 N–H and O–H groups in total. The maximum atomic E-state index is 11.6. The van der Waals surface area contributed by atoms with Crippen molar-refractivity contribution in [3.05, 3.63) is 52.2 Å². The molecule has 0 atom stereocenters. The van der Waals surface area contributed by atoms with E-state index in [1.165, 1.54) is 22.9 Å². The van der Waals surface area contributed by atoms with E-state index in [2.05, 4.69) is 4.98 Å². The monoisotopic (exact) mass is 246 g/mol. The van der Waals surface area contributed by atoms with Gasteiger partial charge in [-0.2, -0.15) is 0 Å². The number of nitrogens with one attached hydrogen (secondary N) is 1. The third-order valence-electron chi connectivity index (χ3n) is 2.54. The molecule has 92 valence electrons. The van der Waals surface area contributed by atoms with Crippen molar-refractivity contribution >= 4 is 11.8 Å². The minimum absolute atomic E-state index is 0.0187. The molecule has 18 heavy (non-hydrogen) atoms. The third-order valence-corrected chi connectivity index (χ3v) is 2.54. The summed E-state index contributed by atoms with van der Waals surface area (Å²) in [6.07, 6.45) is 1.49. The van der Waals surface area contributed by atoms with Gasteiger partial charge in [0.25, 0.3) is 5.78 Å². The van der Waals surface area contributed by atoms with E-state index in [9.17, 15) is 14.4 Å². The maximum absolute atomic E-state index is 11.6. The molecule has 0 fully saturated rings. The van der Waals surface area contributed by atoms with Crippen molar-refractivity contribution in [2.45, 2.75) is 6.92 Å². The van der Waals surface area contributed by atoms with E-state index in [0.717, 1.165) is 0 Å². The largest absolute Gasteiger partial charge is 0.475 e. The van der Waals surface area contributed by atoms with Crippen LogP contribution in [0.4, 0.5) is 0 Å². The van der Waals surface area contributed by atoms with Crippen LogP contribution in [0.5, 0.6) is 0 Å². The number of hydrogen-bond donors (Lipinski definition) is 2. The average molecular weight is 246 g/mol. The number of carbonyl (C=O) groups is 2. The number of imidazole rings is 1. The lowest BCUT2D eigenvalue weighted by molar-refractivity contribution is -0.131. The molecule has 0 aliphatic rings. The van der Waals surface area contributed by atoms with Gasteiger partial charge in [0.05, 0.1) is 11.3 Å². The molecule has 0 spiro atoms. The Morgan fingerprint density at radius 1 is 1.28 bits per heavy atom. The number of aliphatic carboxylic acids is 1. The summed E-state index contributed by atoms with van der Waals surface area (Å²) in [5.41, 5.74) is 0.409. The Hall–Kier alpha value is -2.63. The van der Waals surface area contributed by atoms with Crippen molar-refractivity contribution in [2.24, 2.45) is 0 Å². The molecule has 0 aliphatic heterocycles. The first-order valence-corrected chi connectivity index (χ1v) is 5.16. The summed E-state index contributed by atoms with van der Waals surface area (Å²) in [4.78, 5) is 36.4. The summed E-state index contributed by atoms with van der Waals surface area (Å²) in [5, 5.41) is 8.75. The molecule has 0 radical (unpaired) electrons. The Labute approximate surface area is 102 Å². The van der Waals surface area contributed by atoms with E-state index in [1.807, 2.05) is 0 Å². The Morgan fingerprint density at radius 2 is 1.94 bits per heavy atom. The molecule has 0 saturated carbocycles. The maximum Gasteiger partial charge on any atom is 0.377 e. The minimum atomic E-state index is -1.55. The van der Waals surface area contributed by atoms with Gasteiger partial charge < -0.3 is 10.1 Å². The van der Waals surface area contributed by atoms with Gasteiger partial charge in [0.1, 0.15) is 0 Å². The SMILES string of the molecule is Cc1c[nH]c(=O)n1-c1ccccc1C(=O)C(=O)O. The lowest BCUT2D eigenvalue weighted by Crippen LogP contribution is -2.21. The molecule has 0 unspecified atom stereocenters. The fourth-order valence-electron chi connectivity index (χ4n) is 1.73. The van der Waals surface area contributed by atoms with Crippen LogP contribution >= 0.6 is 0 Å². The number of hydrogen-bond acceptors (Lipinski definition) is 3. The zero-order valence-corrected chi connectivity index (χ0v) is 9.51. The highest BCUT2D eigenvalue weighted by Crippen LogP contribution is 2.15. The van der Waals surface area contributed by atoms with E-state index in [0.29, 0.717) is 5.69 Å². The summed E-state index contributed by atoms with van der Waals surface area (Å²) in [6.45, 7) is 1.68. The number of carboxylic acid groups (broad SMARTS) is 1. The number of aromatic amines is 1. The van der Waals surface area contributed by atoms with Crippen LogP contribution in [0.2, 0.25) is 0 Å². The number of benzene rings is 1. The lowest BCUT2D eigenvalue weighted by Gasteiger charge is -2.08. The molecule has 0 aliphatic carbocycles. The van der Waals surface area contributed by atoms with Crippen LogP contribution in [0.1, 0.15) is 16.1 Å². The first kappa shape index (κ1) is 11.8. The van der Waals surface area contributed by atoms with E-state index in [4.69, 9.17) is 5.11 Å². The van der Waals surface area contributed by atoms with Gasteiger partial charge in [-0.25, -0.2) is 9.59 Å². The highest BCUT2D eigenvalue weighted by Gasteiger charge is 2.20. The van der Waals surface area contributed by atoms with Crippen LogP contribution in [-0.2, 0) is 4.79 Å². The second-order valence-electron chi connectivity index (χ2n) is 3.72. The van der Waals surface area contributed by atoms with Gasteiger partial charge in [-0.1, -0.05) is 12.1 Å². The number of aromatic nitrogens is 2. The minimum Gasteiger partial charge on any atom is -0.475 e. The average Bonchev–Trinajstić information content (AvgIpc) is 2.68. The van der Waals surface area contributed by atoms with E-state index >= 15 is 0 Å². The normalized spacial score (nSPS) is 10.3. The Morgan fingerprint density at radius 3 is 2.50 bits per heavy atom. The quantitative estimate of drug-likeness (QED) is 0.617. The zero-order valence-electron chi connectivity index (χ0n) is 9.51. The molecule has 6 heteroatoms. The van der Waals surface area contributed by atoms with Gasteiger partial charge in [-0.05, 0) is 19.1 Å². The standard InChI is InChI=1S/C12H10N2O4/c1-7-6-13-12(18)14(7)9-5-3-2-4-8(9)10(15)11(16)17/h2-6H,1H3,(H,13,18)(H,16,17). The van der Waals surface area contributed by atoms with Crippen LogP contribution in [-0.4, -0.2) is 26.4 Å². The highest BCUT2D eigenvalue weighted by atomic mass is 16.4. The molecule has 0 bridgehead atoms. The number of H-pyrrole nitrogens is 1. The number of rotatable bonds is 3. The summed E-state index contributed by atoms with van der Waals surface area (Å²) in [5.74, 6) is -2.60. The molecule has 6 nitrogen and oxygen atoms in total. The van der Waals surface area contributed by atoms with Crippen LogP contribution < -0.4 is 5.69 Å². The van der Waals surface area contributed by atoms with Crippen molar-refractivity contribution in [1.82, 2.24) is 9.55 Å². The van der Waals surface area contributed by atoms with Crippen molar-refractivity contribution in [2.75, 3.05) is 0 Å². The van der Waals surface area contributed by atoms with Crippen LogP contribution in [0, 0.1) is 6.92 Å². The van der Waals surface area contributed by atoms with Gasteiger partial charge in [0.2, 0.25) is 0 Å². The van der Waals surface area contributed by atoms with Gasteiger partial charge >= 0.3 is 11.7 Å². The number of aryl methyl sites for hydroxylation is 1.